The summed E-state index contributed by atoms with van der Waals surface area (Å²) < 4.78 is 10.4. The maximum Gasteiger partial charge on any atom is 0.184 e. The van der Waals surface area contributed by atoms with E-state index < -0.39 is 9.93 Å². The summed E-state index contributed by atoms with van der Waals surface area (Å²) in [6.07, 6.45) is 3.28. The van der Waals surface area contributed by atoms with Gasteiger partial charge in [0.1, 0.15) is 12.5 Å². The molecule has 0 aliphatic rings. The zero-order valence-electron chi connectivity index (χ0n) is 3.90. The van der Waals surface area contributed by atoms with Crippen molar-refractivity contribution in [3.8, 4) is 0 Å². The summed E-state index contributed by atoms with van der Waals surface area (Å²) in [7, 11) is -1.65. The van der Waals surface area contributed by atoms with Gasteiger partial charge in [-0.2, -0.15) is 0 Å². The van der Waals surface area contributed by atoms with Crippen molar-refractivity contribution >= 4 is 21.5 Å². The third-order valence-corrected chi connectivity index (χ3v) is 2.36. The molecule has 0 amide bonds. The molecule has 0 fully saturated rings. The Hall–Kier alpha value is 0.440. The summed E-state index contributed by atoms with van der Waals surface area (Å²) in [5.41, 5.74) is 0. The van der Waals surface area contributed by atoms with Crippen molar-refractivity contribution in [1.82, 2.24) is 0 Å². The average molecular weight is 128 g/mol. The molecule has 1 nitrogen and oxygen atoms in total. The van der Waals surface area contributed by atoms with Gasteiger partial charge in [0.25, 0.3) is 0 Å². The minimum absolute atomic E-state index is 0.271. The first kappa shape index (κ1) is 6.44. The van der Waals surface area contributed by atoms with Crippen molar-refractivity contribution in [2.45, 2.75) is 0 Å². The first-order valence-corrected chi connectivity index (χ1v) is 4.62. The Morgan fingerprint density at radius 1 is 1.67 bits per heavy atom. The van der Waals surface area contributed by atoms with E-state index in [9.17, 15) is 4.21 Å². The topological polar surface area (TPSA) is 17.1 Å². The summed E-state index contributed by atoms with van der Waals surface area (Å²) in [4.78, 5) is 0. The average Bonchev–Trinajstić information content (AvgIpc) is 1.35. The minimum atomic E-state index is -1.65. The van der Waals surface area contributed by atoms with Gasteiger partial charge in [-0.15, -0.1) is 4.21 Å². The fraction of sp³-hybridized carbons (Fsp3) is 1.00. The molecule has 0 aromatic carbocycles. The van der Waals surface area contributed by atoms with Gasteiger partial charge < -0.3 is 0 Å². The lowest BCUT2D eigenvalue weighted by molar-refractivity contribution is 0.593. The molecule has 0 aromatic heterocycles. The SMILES string of the molecule is C[S+](C)(=O)CCl. The lowest BCUT2D eigenvalue weighted by Gasteiger charge is -1.87. The first-order chi connectivity index (χ1) is 2.56. The molecule has 3 heteroatoms. The molecule has 0 radical (unpaired) electrons. The van der Waals surface area contributed by atoms with E-state index >= 15 is 0 Å². The number of hydrogen-bond acceptors (Lipinski definition) is 1. The van der Waals surface area contributed by atoms with Crippen LogP contribution in [-0.4, -0.2) is 17.7 Å². The van der Waals surface area contributed by atoms with Gasteiger partial charge in [-0.05, 0) is 0 Å². The summed E-state index contributed by atoms with van der Waals surface area (Å²) in [5.74, 6) is 0. The number of alkyl halides is 1. The van der Waals surface area contributed by atoms with Crippen molar-refractivity contribution in [3.05, 3.63) is 0 Å². The minimum Gasteiger partial charge on any atom is -0.105 e. The second-order valence-corrected chi connectivity index (χ2v) is 5.29. The van der Waals surface area contributed by atoms with E-state index in [1.54, 1.807) is 12.5 Å². The van der Waals surface area contributed by atoms with Crippen LogP contribution in [0.25, 0.3) is 0 Å². The van der Waals surface area contributed by atoms with Crippen LogP contribution in [0.4, 0.5) is 0 Å². The normalized spacial score (nSPS) is 11.8. The van der Waals surface area contributed by atoms with E-state index in [4.69, 9.17) is 11.6 Å². The van der Waals surface area contributed by atoms with Crippen molar-refractivity contribution in [2.24, 2.45) is 0 Å². The highest BCUT2D eigenvalue weighted by Crippen LogP contribution is 1.93. The van der Waals surface area contributed by atoms with Crippen LogP contribution in [0.3, 0.4) is 0 Å². The molecule has 0 rings (SSSR count). The summed E-state index contributed by atoms with van der Waals surface area (Å²) in [5, 5.41) is 0.271. The number of rotatable bonds is 1. The third kappa shape index (κ3) is 4.44. The van der Waals surface area contributed by atoms with Gasteiger partial charge in [-0.25, -0.2) is 0 Å². The highest BCUT2D eigenvalue weighted by molar-refractivity contribution is 8.02. The zero-order chi connectivity index (χ0) is 5.21. The van der Waals surface area contributed by atoms with Crippen molar-refractivity contribution < 1.29 is 4.21 Å². The smallest absolute Gasteiger partial charge is 0.105 e. The molecular weight excluding hydrogens is 120 g/mol. The van der Waals surface area contributed by atoms with E-state index in [2.05, 4.69) is 0 Å². The van der Waals surface area contributed by atoms with Crippen molar-refractivity contribution in [1.29, 1.82) is 0 Å². The molecule has 0 saturated carbocycles. The Balaban J connectivity index is 3.48. The third-order valence-electron chi connectivity index (χ3n) is 0.263. The van der Waals surface area contributed by atoms with Gasteiger partial charge in [0, 0.05) is 0 Å². The van der Waals surface area contributed by atoms with Crippen LogP contribution >= 0.6 is 11.6 Å². The molecule has 38 valence electrons. The second-order valence-electron chi connectivity index (χ2n) is 1.55. The van der Waals surface area contributed by atoms with E-state index in [1.165, 1.54) is 0 Å². The van der Waals surface area contributed by atoms with E-state index in [-0.39, 0.29) is 5.21 Å². The van der Waals surface area contributed by atoms with Crippen LogP contribution in [0.5, 0.6) is 0 Å². The molecule has 0 spiro atoms. The highest BCUT2D eigenvalue weighted by atomic mass is 35.5. The van der Waals surface area contributed by atoms with E-state index in [1.807, 2.05) is 0 Å². The standard InChI is InChI=1S/C3H8ClOS/c1-6(2,5)3-4/h3H2,1-2H3/q+1. The second kappa shape index (κ2) is 1.94. The Bertz CT molecular complexity index is 74.9. The lowest BCUT2D eigenvalue weighted by Crippen LogP contribution is -2.04. The fourth-order valence-electron chi connectivity index (χ4n) is 0. The molecule has 0 unspecified atom stereocenters. The lowest BCUT2D eigenvalue weighted by atomic mass is 11.8. The number of halogens is 1. The quantitative estimate of drug-likeness (QED) is 0.379. The monoisotopic (exact) mass is 127 g/mol. The molecule has 0 N–H and O–H groups in total. The molecule has 0 atom stereocenters. The van der Waals surface area contributed by atoms with Crippen LogP contribution in [0.2, 0.25) is 0 Å². The molecule has 0 aliphatic carbocycles. The van der Waals surface area contributed by atoms with Crippen molar-refractivity contribution in [2.75, 3.05) is 17.7 Å². The van der Waals surface area contributed by atoms with Crippen LogP contribution in [-0.2, 0) is 14.1 Å². The van der Waals surface area contributed by atoms with Crippen LogP contribution < -0.4 is 0 Å². The molecular formula is C3H8ClOS+. The van der Waals surface area contributed by atoms with Gasteiger partial charge in [0.2, 0.25) is 0 Å². The highest BCUT2D eigenvalue weighted by Gasteiger charge is 2.06. The predicted octanol–water partition coefficient (Wildman–Crippen LogP) is 0.942. The Kier molecular flexibility index (Phi) is 2.08. The summed E-state index contributed by atoms with van der Waals surface area (Å²) >= 11 is 5.20. The largest absolute Gasteiger partial charge is 0.184 e. The summed E-state index contributed by atoms with van der Waals surface area (Å²) in [6.45, 7) is 0. The zero-order valence-corrected chi connectivity index (χ0v) is 5.47. The Labute approximate surface area is 44.1 Å². The van der Waals surface area contributed by atoms with Crippen LogP contribution in [0, 0.1) is 0 Å². The van der Waals surface area contributed by atoms with Crippen molar-refractivity contribution in [3.63, 3.8) is 0 Å². The van der Waals surface area contributed by atoms with Gasteiger partial charge >= 0.3 is 0 Å². The molecule has 0 heterocycles. The maximum atomic E-state index is 10.4. The molecule has 6 heavy (non-hydrogen) atoms. The fourth-order valence-corrected chi connectivity index (χ4v) is 0. The van der Waals surface area contributed by atoms with E-state index in [0.717, 1.165) is 0 Å². The van der Waals surface area contributed by atoms with Gasteiger partial charge in [0.15, 0.2) is 5.21 Å². The Morgan fingerprint density at radius 3 is 1.83 bits per heavy atom. The Morgan fingerprint density at radius 2 is 1.83 bits per heavy atom. The maximum absolute atomic E-state index is 10.4. The molecule has 0 aromatic rings. The predicted molar refractivity (Wildman–Crippen MR) is 30.6 cm³/mol. The van der Waals surface area contributed by atoms with Gasteiger partial charge in [-0.3, -0.25) is 0 Å². The molecule has 0 aliphatic heterocycles. The van der Waals surface area contributed by atoms with Crippen LogP contribution in [0.1, 0.15) is 0 Å². The van der Waals surface area contributed by atoms with Gasteiger partial charge in [-0.1, -0.05) is 11.6 Å². The van der Waals surface area contributed by atoms with Gasteiger partial charge in [0.05, 0.1) is 9.93 Å². The van der Waals surface area contributed by atoms with E-state index in [0.29, 0.717) is 0 Å². The van der Waals surface area contributed by atoms with Crippen LogP contribution in [0.15, 0.2) is 0 Å². The summed E-state index contributed by atoms with van der Waals surface area (Å²) in [6, 6.07) is 0. The first-order valence-electron chi connectivity index (χ1n) is 1.54. The number of hydrogen-bond donors (Lipinski definition) is 0. The molecule has 0 bridgehead atoms. The molecule has 0 saturated heterocycles.